The molecule has 0 amide bonds. The molecule has 0 aliphatic carbocycles. The van der Waals surface area contributed by atoms with E-state index in [0.29, 0.717) is 11.4 Å². The van der Waals surface area contributed by atoms with Gasteiger partial charge in [0.2, 0.25) is 5.79 Å². The predicted molar refractivity (Wildman–Crippen MR) is 67.2 cm³/mol. The van der Waals surface area contributed by atoms with Crippen LogP contribution in [0.15, 0.2) is 24.3 Å². The molecule has 1 saturated heterocycles. The minimum absolute atomic E-state index is 0.185. The molecule has 3 unspecified atom stereocenters. The van der Waals surface area contributed by atoms with Crippen LogP contribution in [0, 0.1) is 0 Å². The van der Waals surface area contributed by atoms with E-state index in [0.717, 1.165) is 5.56 Å². The van der Waals surface area contributed by atoms with Gasteiger partial charge in [-0.2, -0.15) is 4.89 Å². The van der Waals surface area contributed by atoms with Crippen molar-refractivity contribution >= 4 is 11.6 Å². The number of methoxy groups -OCH3 is 2. The van der Waals surface area contributed by atoms with Crippen molar-refractivity contribution in [3.05, 3.63) is 34.9 Å². The van der Waals surface area contributed by atoms with E-state index in [1.165, 1.54) is 0 Å². The normalized spacial score (nSPS) is 32.4. The molecule has 1 aromatic rings. The van der Waals surface area contributed by atoms with E-state index in [2.05, 4.69) is 0 Å². The average molecular weight is 273 g/mol. The monoisotopic (exact) mass is 272 g/mol. The van der Waals surface area contributed by atoms with Crippen molar-refractivity contribution in [2.24, 2.45) is 0 Å². The SMILES string of the molecule is COC1CC(c2ccc(Cl)cc2)OOC1(C)OC. The highest BCUT2D eigenvalue weighted by Gasteiger charge is 2.44. The van der Waals surface area contributed by atoms with Gasteiger partial charge < -0.3 is 9.47 Å². The van der Waals surface area contributed by atoms with E-state index in [1.807, 2.05) is 24.3 Å². The molecule has 3 atom stereocenters. The van der Waals surface area contributed by atoms with Gasteiger partial charge in [0.25, 0.3) is 0 Å². The third-order valence-electron chi connectivity index (χ3n) is 3.27. The molecule has 5 heteroatoms. The highest BCUT2D eigenvalue weighted by atomic mass is 35.5. The Morgan fingerprint density at radius 2 is 1.94 bits per heavy atom. The van der Waals surface area contributed by atoms with E-state index in [9.17, 15) is 0 Å². The van der Waals surface area contributed by atoms with Gasteiger partial charge in [-0.25, -0.2) is 4.89 Å². The van der Waals surface area contributed by atoms with Gasteiger partial charge in [-0.1, -0.05) is 23.7 Å². The minimum Gasteiger partial charge on any atom is -0.376 e. The van der Waals surface area contributed by atoms with Gasteiger partial charge in [-0.15, -0.1) is 0 Å². The van der Waals surface area contributed by atoms with Gasteiger partial charge in [0.1, 0.15) is 12.2 Å². The average Bonchev–Trinajstić information content (AvgIpc) is 2.40. The molecule has 0 N–H and O–H groups in total. The van der Waals surface area contributed by atoms with Gasteiger partial charge in [0, 0.05) is 25.7 Å². The molecule has 18 heavy (non-hydrogen) atoms. The molecule has 0 bridgehead atoms. The van der Waals surface area contributed by atoms with Crippen molar-refractivity contribution in [1.82, 2.24) is 0 Å². The van der Waals surface area contributed by atoms with Crippen LogP contribution in [0.4, 0.5) is 0 Å². The topological polar surface area (TPSA) is 36.9 Å². The summed E-state index contributed by atoms with van der Waals surface area (Å²) in [6, 6.07) is 7.48. The number of hydrogen-bond donors (Lipinski definition) is 0. The van der Waals surface area contributed by atoms with Gasteiger partial charge in [-0.3, -0.25) is 0 Å². The Kier molecular flexibility index (Phi) is 4.25. The van der Waals surface area contributed by atoms with Crippen LogP contribution in [0.5, 0.6) is 0 Å². The maximum atomic E-state index is 5.86. The molecule has 4 nitrogen and oxygen atoms in total. The molecule has 1 aromatic carbocycles. The molecule has 0 radical (unpaired) electrons. The van der Waals surface area contributed by atoms with Crippen molar-refractivity contribution < 1.29 is 19.2 Å². The molecule has 1 aliphatic rings. The highest BCUT2D eigenvalue weighted by Crippen LogP contribution is 2.37. The second kappa shape index (κ2) is 5.55. The smallest absolute Gasteiger partial charge is 0.225 e. The summed E-state index contributed by atoms with van der Waals surface area (Å²) in [5, 5.41) is 0.695. The number of benzene rings is 1. The lowest BCUT2D eigenvalue weighted by atomic mass is 9.98. The van der Waals surface area contributed by atoms with Crippen LogP contribution in [0.3, 0.4) is 0 Å². The van der Waals surface area contributed by atoms with Crippen molar-refractivity contribution in [3.8, 4) is 0 Å². The summed E-state index contributed by atoms with van der Waals surface area (Å²) < 4.78 is 10.7. The van der Waals surface area contributed by atoms with Gasteiger partial charge in [0.15, 0.2) is 0 Å². The van der Waals surface area contributed by atoms with Gasteiger partial charge >= 0.3 is 0 Å². The zero-order chi connectivity index (χ0) is 13.2. The number of ether oxygens (including phenoxy) is 2. The summed E-state index contributed by atoms with van der Waals surface area (Å²) in [7, 11) is 3.20. The molecule has 0 spiro atoms. The summed E-state index contributed by atoms with van der Waals surface area (Å²) >= 11 is 5.86. The second-order valence-electron chi connectivity index (χ2n) is 4.40. The lowest BCUT2D eigenvalue weighted by Gasteiger charge is -2.40. The summed E-state index contributed by atoms with van der Waals surface area (Å²) in [5.74, 6) is -0.877. The van der Waals surface area contributed by atoms with Crippen LogP contribution < -0.4 is 0 Å². The molecular weight excluding hydrogens is 256 g/mol. The fourth-order valence-electron chi connectivity index (χ4n) is 2.00. The Hall–Kier alpha value is -0.650. The fraction of sp³-hybridized carbons (Fsp3) is 0.538. The van der Waals surface area contributed by atoms with Crippen molar-refractivity contribution in [2.45, 2.75) is 31.3 Å². The van der Waals surface area contributed by atoms with E-state index >= 15 is 0 Å². The molecule has 0 aromatic heterocycles. The minimum atomic E-state index is -0.877. The first-order valence-corrected chi connectivity index (χ1v) is 6.14. The molecule has 2 rings (SSSR count). The quantitative estimate of drug-likeness (QED) is 0.793. The van der Waals surface area contributed by atoms with Crippen LogP contribution in [-0.4, -0.2) is 26.1 Å². The lowest BCUT2D eigenvalue weighted by molar-refractivity contribution is -0.483. The van der Waals surface area contributed by atoms with E-state index in [-0.39, 0.29) is 12.2 Å². The Morgan fingerprint density at radius 1 is 1.28 bits per heavy atom. The summed E-state index contributed by atoms with van der Waals surface area (Å²) in [6.45, 7) is 1.79. The maximum Gasteiger partial charge on any atom is 0.225 e. The van der Waals surface area contributed by atoms with Crippen LogP contribution in [0.1, 0.15) is 25.0 Å². The Labute approximate surface area is 112 Å². The molecule has 100 valence electrons. The number of hydrogen-bond acceptors (Lipinski definition) is 4. The number of rotatable bonds is 3. The van der Waals surface area contributed by atoms with Crippen LogP contribution in [0.25, 0.3) is 0 Å². The maximum absolute atomic E-state index is 5.86. The standard InChI is InChI=1S/C13H17ClO4/c1-13(16-3)12(15-2)8-11(17-18-13)9-4-6-10(14)7-5-9/h4-7,11-12H,8H2,1-3H3. The van der Waals surface area contributed by atoms with E-state index in [4.69, 9.17) is 30.8 Å². The third kappa shape index (κ3) is 2.68. The number of halogens is 1. The Balaban J connectivity index is 2.12. The van der Waals surface area contributed by atoms with Crippen LogP contribution in [0.2, 0.25) is 5.02 Å². The molecule has 1 fully saturated rings. The fourth-order valence-corrected chi connectivity index (χ4v) is 2.13. The first-order chi connectivity index (χ1) is 8.59. The first-order valence-electron chi connectivity index (χ1n) is 5.77. The largest absolute Gasteiger partial charge is 0.376 e. The first kappa shape index (κ1) is 13.8. The van der Waals surface area contributed by atoms with Crippen molar-refractivity contribution in [3.63, 3.8) is 0 Å². The summed E-state index contributed by atoms with van der Waals surface area (Å²) in [5.41, 5.74) is 1.000. The Morgan fingerprint density at radius 3 is 2.50 bits per heavy atom. The summed E-state index contributed by atoms with van der Waals surface area (Å²) in [4.78, 5) is 10.7. The Bertz CT molecular complexity index is 394. The van der Waals surface area contributed by atoms with Crippen molar-refractivity contribution in [2.75, 3.05) is 14.2 Å². The van der Waals surface area contributed by atoms with Crippen LogP contribution in [-0.2, 0) is 19.2 Å². The highest BCUT2D eigenvalue weighted by molar-refractivity contribution is 6.30. The zero-order valence-corrected chi connectivity index (χ0v) is 11.4. The second-order valence-corrected chi connectivity index (χ2v) is 4.84. The van der Waals surface area contributed by atoms with E-state index in [1.54, 1.807) is 21.1 Å². The van der Waals surface area contributed by atoms with E-state index < -0.39 is 5.79 Å². The van der Waals surface area contributed by atoms with Gasteiger partial charge in [0.05, 0.1) is 0 Å². The lowest BCUT2D eigenvalue weighted by Crippen LogP contribution is -2.49. The van der Waals surface area contributed by atoms with Gasteiger partial charge in [-0.05, 0) is 24.6 Å². The molecule has 0 saturated carbocycles. The van der Waals surface area contributed by atoms with Crippen LogP contribution >= 0.6 is 11.6 Å². The zero-order valence-electron chi connectivity index (χ0n) is 10.7. The molecule has 1 aliphatic heterocycles. The summed E-state index contributed by atoms with van der Waals surface area (Å²) in [6.07, 6.45) is 0.273. The van der Waals surface area contributed by atoms with Crippen molar-refractivity contribution in [1.29, 1.82) is 0 Å². The third-order valence-corrected chi connectivity index (χ3v) is 3.53. The molecular formula is C13H17ClO4. The predicted octanol–water partition coefficient (Wildman–Crippen LogP) is 3.11. The molecule has 1 heterocycles.